The third-order valence-electron chi connectivity index (χ3n) is 4.23. The molecule has 0 bridgehead atoms. The number of carbonyl (C=O) groups excluding carboxylic acids is 2. The minimum atomic E-state index is -0.465. The van der Waals surface area contributed by atoms with E-state index in [0.717, 1.165) is 11.3 Å². The molecule has 5 nitrogen and oxygen atoms in total. The number of benzene rings is 3. The predicted octanol–water partition coefficient (Wildman–Crippen LogP) is 4.58. The zero-order valence-corrected chi connectivity index (χ0v) is 14.5. The maximum Gasteiger partial charge on any atom is 0.343 e. The Morgan fingerprint density at radius 3 is 2.48 bits per heavy atom. The minimum Gasteiger partial charge on any atom is -0.457 e. The first-order valence-corrected chi connectivity index (χ1v) is 8.65. The highest BCUT2D eigenvalue weighted by Crippen LogP contribution is 2.28. The molecule has 134 valence electrons. The Balaban J connectivity index is 1.48. The van der Waals surface area contributed by atoms with Gasteiger partial charge in [0.05, 0.1) is 5.56 Å². The molecule has 0 saturated heterocycles. The van der Waals surface area contributed by atoms with Crippen molar-refractivity contribution in [1.29, 1.82) is 0 Å². The molecule has 1 amide bonds. The van der Waals surface area contributed by atoms with Crippen LogP contribution in [0.25, 0.3) is 0 Å². The van der Waals surface area contributed by atoms with Crippen LogP contribution in [-0.4, -0.2) is 11.9 Å². The van der Waals surface area contributed by atoms with E-state index >= 15 is 0 Å². The number of para-hydroxylation sites is 1. The van der Waals surface area contributed by atoms with Gasteiger partial charge in [0.2, 0.25) is 5.91 Å². The lowest BCUT2D eigenvalue weighted by atomic mass is 10.0. The maximum atomic E-state index is 12.5. The van der Waals surface area contributed by atoms with Gasteiger partial charge in [-0.05, 0) is 60.5 Å². The summed E-state index contributed by atoms with van der Waals surface area (Å²) in [6.07, 6.45) is 1.07. The third-order valence-corrected chi connectivity index (χ3v) is 4.23. The van der Waals surface area contributed by atoms with Crippen molar-refractivity contribution in [2.45, 2.75) is 12.8 Å². The first-order valence-electron chi connectivity index (χ1n) is 8.65. The fourth-order valence-corrected chi connectivity index (χ4v) is 2.90. The second kappa shape index (κ2) is 7.33. The molecule has 3 aromatic carbocycles. The van der Waals surface area contributed by atoms with Crippen molar-refractivity contribution in [3.05, 3.63) is 83.9 Å². The van der Waals surface area contributed by atoms with E-state index in [1.165, 1.54) is 0 Å². The fourth-order valence-electron chi connectivity index (χ4n) is 2.90. The summed E-state index contributed by atoms with van der Waals surface area (Å²) in [4.78, 5) is 23.9. The normalized spacial score (nSPS) is 12.7. The number of hydrogen-bond acceptors (Lipinski definition) is 4. The van der Waals surface area contributed by atoms with Gasteiger partial charge in [0.25, 0.3) is 0 Å². The molecule has 1 heterocycles. The number of aryl methyl sites for hydroxylation is 1. The van der Waals surface area contributed by atoms with E-state index in [1.807, 2.05) is 30.3 Å². The number of nitrogens with one attached hydrogen (secondary N) is 1. The number of ether oxygens (including phenoxy) is 2. The number of carbonyl (C=O) groups is 2. The third kappa shape index (κ3) is 3.98. The minimum absolute atomic E-state index is 0.00229. The number of amides is 1. The SMILES string of the molecule is O=C1CCc2cc(OC(=O)c3cccc(Oc4ccccc4)c3)ccc2N1. The molecular formula is C22H17NO4. The smallest absolute Gasteiger partial charge is 0.343 e. The van der Waals surface area contributed by atoms with Gasteiger partial charge in [-0.2, -0.15) is 0 Å². The average molecular weight is 359 g/mol. The summed E-state index contributed by atoms with van der Waals surface area (Å²) >= 11 is 0. The van der Waals surface area contributed by atoms with Crippen LogP contribution in [0.4, 0.5) is 5.69 Å². The van der Waals surface area contributed by atoms with Gasteiger partial charge in [-0.3, -0.25) is 4.79 Å². The molecule has 0 spiro atoms. The Labute approximate surface area is 156 Å². The number of hydrogen-bond donors (Lipinski definition) is 1. The number of esters is 1. The van der Waals surface area contributed by atoms with Gasteiger partial charge in [-0.15, -0.1) is 0 Å². The number of rotatable bonds is 4. The molecule has 1 N–H and O–H groups in total. The Morgan fingerprint density at radius 2 is 1.63 bits per heavy atom. The monoisotopic (exact) mass is 359 g/mol. The van der Waals surface area contributed by atoms with Crippen LogP contribution in [0.1, 0.15) is 22.3 Å². The van der Waals surface area contributed by atoms with Crippen LogP contribution < -0.4 is 14.8 Å². The van der Waals surface area contributed by atoms with Crippen LogP contribution in [0.3, 0.4) is 0 Å². The summed E-state index contributed by atoms with van der Waals surface area (Å²) in [5.41, 5.74) is 2.12. The highest BCUT2D eigenvalue weighted by atomic mass is 16.5. The lowest BCUT2D eigenvalue weighted by Crippen LogP contribution is -2.19. The fraction of sp³-hybridized carbons (Fsp3) is 0.0909. The molecule has 0 saturated carbocycles. The molecule has 5 heteroatoms. The highest BCUT2D eigenvalue weighted by Gasteiger charge is 2.16. The summed E-state index contributed by atoms with van der Waals surface area (Å²) in [6, 6.07) is 21.4. The number of fused-ring (bicyclic) bond motifs is 1. The summed E-state index contributed by atoms with van der Waals surface area (Å²) in [6.45, 7) is 0. The van der Waals surface area contributed by atoms with Crippen LogP contribution in [0, 0.1) is 0 Å². The Morgan fingerprint density at radius 1 is 0.815 bits per heavy atom. The summed E-state index contributed by atoms with van der Waals surface area (Å²) < 4.78 is 11.2. The van der Waals surface area contributed by atoms with Crippen molar-refractivity contribution in [2.75, 3.05) is 5.32 Å². The van der Waals surface area contributed by atoms with E-state index < -0.39 is 5.97 Å². The van der Waals surface area contributed by atoms with Gasteiger partial charge in [0.15, 0.2) is 0 Å². The Bertz CT molecular complexity index is 998. The lowest BCUT2D eigenvalue weighted by molar-refractivity contribution is -0.116. The molecule has 0 atom stereocenters. The van der Waals surface area contributed by atoms with Crippen LogP contribution >= 0.6 is 0 Å². The van der Waals surface area contributed by atoms with Crippen LogP contribution in [0.15, 0.2) is 72.8 Å². The summed E-state index contributed by atoms with van der Waals surface area (Å²) in [7, 11) is 0. The first-order chi connectivity index (χ1) is 13.2. The lowest BCUT2D eigenvalue weighted by Gasteiger charge is -2.17. The van der Waals surface area contributed by atoms with Crippen molar-refractivity contribution in [3.63, 3.8) is 0 Å². The van der Waals surface area contributed by atoms with Gasteiger partial charge in [0.1, 0.15) is 17.2 Å². The van der Waals surface area contributed by atoms with E-state index in [4.69, 9.17) is 9.47 Å². The molecule has 0 aromatic heterocycles. The molecule has 0 aliphatic carbocycles. The number of anilines is 1. The highest BCUT2D eigenvalue weighted by molar-refractivity contribution is 5.94. The van der Waals surface area contributed by atoms with E-state index in [-0.39, 0.29) is 5.91 Å². The van der Waals surface area contributed by atoms with Crippen LogP contribution in [0.2, 0.25) is 0 Å². The summed E-state index contributed by atoms with van der Waals surface area (Å²) in [5, 5.41) is 2.81. The molecule has 27 heavy (non-hydrogen) atoms. The molecule has 4 rings (SSSR count). The van der Waals surface area contributed by atoms with Gasteiger partial charge < -0.3 is 14.8 Å². The quantitative estimate of drug-likeness (QED) is 0.547. The largest absolute Gasteiger partial charge is 0.457 e. The zero-order chi connectivity index (χ0) is 18.6. The second-order valence-corrected chi connectivity index (χ2v) is 6.20. The second-order valence-electron chi connectivity index (χ2n) is 6.20. The molecule has 1 aliphatic heterocycles. The van der Waals surface area contributed by atoms with Gasteiger partial charge in [-0.1, -0.05) is 24.3 Å². The average Bonchev–Trinajstić information content (AvgIpc) is 2.69. The molecule has 1 aliphatic rings. The Kier molecular flexibility index (Phi) is 4.58. The van der Waals surface area contributed by atoms with E-state index in [0.29, 0.717) is 35.7 Å². The predicted molar refractivity (Wildman–Crippen MR) is 101 cm³/mol. The van der Waals surface area contributed by atoms with E-state index in [2.05, 4.69) is 5.32 Å². The van der Waals surface area contributed by atoms with Crippen LogP contribution in [-0.2, 0) is 11.2 Å². The molecule has 3 aromatic rings. The summed E-state index contributed by atoms with van der Waals surface area (Å²) in [5.74, 6) is 1.24. The molecular weight excluding hydrogens is 342 g/mol. The van der Waals surface area contributed by atoms with Crippen molar-refractivity contribution < 1.29 is 19.1 Å². The standard InChI is InChI=1S/C22H17NO4/c24-21-12-9-15-13-19(10-11-20(15)23-21)27-22(25)16-5-4-8-18(14-16)26-17-6-2-1-3-7-17/h1-8,10-11,13-14H,9,12H2,(H,23,24). The Hall–Kier alpha value is -3.60. The van der Waals surface area contributed by atoms with Crippen molar-refractivity contribution in [2.24, 2.45) is 0 Å². The van der Waals surface area contributed by atoms with E-state index in [9.17, 15) is 9.59 Å². The van der Waals surface area contributed by atoms with Gasteiger partial charge in [-0.25, -0.2) is 4.79 Å². The molecule has 0 unspecified atom stereocenters. The van der Waals surface area contributed by atoms with Crippen molar-refractivity contribution >= 4 is 17.6 Å². The molecule has 0 fully saturated rings. The maximum absolute atomic E-state index is 12.5. The van der Waals surface area contributed by atoms with Gasteiger partial charge in [0, 0.05) is 12.1 Å². The first kappa shape index (κ1) is 16.8. The van der Waals surface area contributed by atoms with Gasteiger partial charge >= 0.3 is 5.97 Å². The van der Waals surface area contributed by atoms with E-state index in [1.54, 1.807) is 42.5 Å². The topological polar surface area (TPSA) is 64.6 Å². The zero-order valence-electron chi connectivity index (χ0n) is 14.5. The van der Waals surface area contributed by atoms with Crippen LogP contribution in [0.5, 0.6) is 17.2 Å². The van der Waals surface area contributed by atoms with Crippen molar-refractivity contribution in [1.82, 2.24) is 0 Å². The van der Waals surface area contributed by atoms with Crippen molar-refractivity contribution in [3.8, 4) is 17.2 Å². The molecule has 0 radical (unpaired) electrons.